The summed E-state index contributed by atoms with van der Waals surface area (Å²) in [5, 5.41) is 4.58. The van der Waals surface area contributed by atoms with Gasteiger partial charge in [-0.05, 0) is 44.5 Å². The molecule has 0 amide bonds. The van der Waals surface area contributed by atoms with Gasteiger partial charge in [0.2, 0.25) is 5.76 Å². The van der Waals surface area contributed by atoms with E-state index in [1.165, 1.54) is 24.8 Å². The second-order valence-corrected chi connectivity index (χ2v) is 6.93. The molecule has 3 rings (SSSR count). The summed E-state index contributed by atoms with van der Waals surface area (Å²) in [6.45, 7) is 6.51. The Labute approximate surface area is 174 Å². The van der Waals surface area contributed by atoms with Gasteiger partial charge in [0.05, 0.1) is 19.3 Å². The average Bonchev–Trinajstić information content (AvgIpc) is 3.31. The molecule has 0 saturated heterocycles. The Balaban J connectivity index is 1.61. The van der Waals surface area contributed by atoms with Gasteiger partial charge in [0, 0.05) is 17.3 Å². The zero-order valence-electron chi connectivity index (χ0n) is 17.5. The van der Waals surface area contributed by atoms with Crippen molar-refractivity contribution in [2.75, 3.05) is 7.11 Å². The summed E-state index contributed by atoms with van der Waals surface area (Å²) in [7, 11) is 1.27. The van der Waals surface area contributed by atoms with E-state index in [0.717, 1.165) is 22.5 Å². The molecule has 7 nitrogen and oxygen atoms in total. The molecule has 0 radical (unpaired) electrons. The highest BCUT2D eigenvalue weighted by Gasteiger charge is 2.13. The monoisotopic (exact) mass is 408 g/mol. The molecule has 3 aromatic rings. The van der Waals surface area contributed by atoms with E-state index in [2.05, 4.69) is 41.0 Å². The van der Waals surface area contributed by atoms with Gasteiger partial charge in [0.1, 0.15) is 12.4 Å². The summed E-state index contributed by atoms with van der Waals surface area (Å²) >= 11 is 0. The lowest BCUT2D eigenvalue weighted by Gasteiger charge is -2.05. The van der Waals surface area contributed by atoms with Gasteiger partial charge in [-0.3, -0.25) is 4.68 Å². The molecule has 0 aliphatic heterocycles. The van der Waals surface area contributed by atoms with Crippen LogP contribution in [0, 0.1) is 20.8 Å². The fourth-order valence-corrected chi connectivity index (χ4v) is 2.98. The average molecular weight is 408 g/mol. The van der Waals surface area contributed by atoms with E-state index >= 15 is 0 Å². The Kier molecular flexibility index (Phi) is 6.51. The molecule has 0 atom stereocenters. The topological polar surface area (TPSA) is 83.6 Å². The van der Waals surface area contributed by atoms with Gasteiger partial charge in [0.25, 0.3) is 0 Å². The molecule has 0 fully saturated rings. The third kappa shape index (κ3) is 5.05. The van der Waals surface area contributed by atoms with Crippen molar-refractivity contribution in [3.05, 3.63) is 82.1 Å². The Morgan fingerprint density at radius 1 is 1.10 bits per heavy atom. The summed E-state index contributed by atoms with van der Waals surface area (Å²) in [5.74, 6) is -0.682. The first-order valence-electron chi connectivity index (χ1n) is 9.48. The largest absolute Gasteiger partial charge is 0.463 e. The molecule has 2 heterocycles. The fourth-order valence-electron chi connectivity index (χ4n) is 2.98. The molecule has 0 N–H and O–H groups in total. The van der Waals surface area contributed by atoms with Crippen LogP contribution in [0.1, 0.15) is 44.4 Å². The molecule has 0 unspecified atom stereocenters. The minimum atomic E-state index is -0.582. The van der Waals surface area contributed by atoms with Crippen LogP contribution in [0.3, 0.4) is 0 Å². The number of esters is 2. The first-order chi connectivity index (χ1) is 14.4. The Bertz CT molecular complexity index is 1070. The van der Waals surface area contributed by atoms with Crippen LogP contribution >= 0.6 is 0 Å². The number of benzene rings is 1. The Hall–Kier alpha value is -3.61. The lowest BCUT2D eigenvalue weighted by Crippen LogP contribution is -2.04. The lowest BCUT2D eigenvalue weighted by atomic mass is 10.1. The third-order valence-corrected chi connectivity index (χ3v) is 4.68. The van der Waals surface area contributed by atoms with E-state index < -0.39 is 11.9 Å². The molecule has 2 aromatic heterocycles. The number of ether oxygens (including phenoxy) is 2. The highest BCUT2D eigenvalue weighted by molar-refractivity contribution is 5.87. The van der Waals surface area contributed by atoms with Crippen molar-refractivity contribution in [1.29, 1.82) is 0 Å². The van der Waals surface area contributed by atoms with Crippen molar-refractivity contribution >= 4 is 18.0 Å². The highest BCUT2D eigenvalue weighted by atomic mass is 16.5. The normalized spacial score (nSPS) is 11.1. The number of aromatic nitrogens is 2. The summed E-state index contributed by atoms with van der Waals surface area (Å²) in [4.78, 5) is 23.4. The molecule has 0 aliphatic carbocycles. The molecule has 30 heavy (non-hydrogen) atoms. The highest BCUT2D eigenvalue weighted by Crippen LogP contribution is 2.17. The molecule has 0 spiro atoms. The zero-order valence-corrected chi connectivity index (χ0v) is 17.5. The summed E-state index contributed by atoms with van der Waals surface area (Å²) in [5.41, 5.74) is 5.05. The van der Waals surface area contributed by atoms with Crippen LogP contribution < -0.4 is 0 Å². The molecular formula is C23H24N2O5. The number of furan rings is 1. The summed E-state index contributed by atoms with van der Waals surface area (Å²) in [6.07, 6.45) is 3.06. The predicted molar refractivity (Wildman–Crippen MR) is 111 cm³/mol. The number of methoxy groups -OCH3 is 1. The fraction of sp³-hybridized carbons (Fsp3) is 0.261. The number of carbonyl (C=O) groups is 2. The molecule has 1 aromatic carbocycles. The second-order valence-electron chi connectivity index (χ2n) is 6.93. The van der Waals surface area contributed by atoms with E-state index in [1.807, 2.05) is 18.5 Å². The first kappa shape index (κ1) is 21.1. The van der Waals surface area contributed by atoms with E-state index in [4.69, 9.17) is 9.15 Å². The quantitative estimate of drug-likeness (QED) is 0.434. The zero-order chi connectivity index (χ0) is 21.7. The summed E-state index contributed by atoms with van der Waals surface area (Å²) in [6, 6.07) is 11.3. The van der Waals surface area contributed by atoms with E-state index in [-0.39, 0.29) is 12.4 Å². The number of hydrogen-bond acceptors (Lipinski definition) is 6. The van der Waals surface area contributed by atoms with Crippen LogP contribution in [-0.2, 0) is 27.4 Å². The van der Waals surface area contributed by atoms with Crippen molar-refractivity contribution in [2.24, 2.45) is 0 Å². The first-order valence-corrected chi connectivity index (χ1v) is 9.48. The van der Waals surface area contributed by atoms with Crippen molar-refractivity contribution in [3.8, 4) is 0 Å². The second kappa shape index (κ2) is 9.26. The minimum absolute atomic E-state index is 0.0614. The minimum Gasteiger partial charge on any atom is -0.463 e. The van der Waals surface area contributed by atoms with Gasteiger partial charge in [-0.15, -0.1) is 0 Å². The van der Waals surface area contributed by atoms with Crippen LogP contribution in [0.4, 0.5) is 0 Å². The lowest BCUT2D eigenvalue weighted by molar-refractivity contribution is -0.139. The smallest absolute Gasteiger partial charge is 0.373 e. The third-order valence-electron chi connectivity index (χ3n) is 4.68. The van der Waals surface area contributed by atoms with E-state index in [1.54, 1.807) is 12.1 Å². The molecule has 0 bridgehead atoms. The van der Waals surface area contributed by atoms with Crippen LogP contribution in [0.2, 0.25) is 0 Å². The van der Waals surface area contributed by atoms with Gasteiger partial charge < -0.3 is 13.9 Å². The van der Waals surface area contributed by atoms with Crippen molar-refractivity contribution in [2.45, 2.75) is 33.9 Å². The van der Waals surface area contributed by atoms with E-state index in [0.29, 0.717) is 12.3 Å². The Morgan fingerprint density at radius 3 is 2.53 bits per heavy atom. The SMILES string of the molecule is COC(=O)c1ccc(COC(=O)/C=C/c2c(C)nn(Cc3ccc(C)cc3)c2C)o1. The van der Waals surface area contributed by atoms with Gasteiger partial charge in [-0.25, -0.2) is 9.59 Å². The maximum absolute atomic E-state index is 12.1. The molecule has 7 heteroatoms. The molecule has 0 saturated carbocycles. The maximum atomic E-state index is 12.1. The van der Waals surface area contributed by atoms with Gasteiger partial charge in [-0.1, -0.05) is 29.8 Å². The van der Waals surface area contributed by atoms with Crippen LogP contribution in [0.25, 0.3) is 6.08 Å². The van der Waals surface area contributed by atoms with Crippen LogP contribution in [0.15, 0.2) is 46.9 Å². The van der Waals surface area contributed by atoms with Gasteiger partial charge >= 0.3 is 11.9 Å². The maximum Gasteiger partial charge on any atom is 0.373 e. The predicted octanol–water partition coefficient (Wildman–Crippen LogP) is 3.99. The number of rotatable bonds is 7. The van der Waals surface area contributed by atoms with Gasteiger partial charge in [0.15, 0.2) is 0 Å². The molecular weight excluding hydrogens is 384 g/mol. The van der Waals surface area contributed by atoms with E-state index in [9.17, 15) is 9.59 Å². The number of aryl methyl sites for hydroxylation is 2. The molecule has 0 aliphatic rings. The van der Waals surface area contributed by atoms with Crippen molar-refractivity contribution in [1.82, 2.24) is 9.78 Å². The van der Waals surface area contributed by atoms with Gasteiger partial charge in [-0.2, -0.15) is 5.10 Å². The van der Waals surface area contributed by atoms with Crippen LogP contribution in [-0.4, -0.2) is 28.8 Å². The van der Waals surface area contributed by atoms with Crippen LogP contribution in [0.5, 0.6) is 0 Å². The number of carbonyl (C=O) groups excluding carboxylic acids is 2. The standard InChI is InChI=1S/C23H24N2O5/c1-15-5-7-18(8-6-15)13-25-17(3)20(16(2)24-25)10-12-22(26)29-14-19-9-11-21(30-19)23(27)28-4/h5-12H,13-14H2,1-4H3/b12-10+. The van der Waals surface area contributed by atoms with Crippen molar-refractivity contribution in [3.63, 3.8) is 0 Å². The molecule has 156 valence electrons. The number of nitrogens with zero attached hydrogens (tertiary/aromatic N) is 2. The Morgan fingerprint density at radius 2 is 1.83 bits per heavy atom. The summed E-state index contributed by atoms with van der Waals surface area (Å²) < 4.78 is 16.9. The number of hydrogen-bond donors (Lipinski definition) is 0. The van der Waals surface area contributed by atoms with Crippen molar-refractivity contribution < 1.29 is 23.5 Å².